The van der Waals surface area contributed by atoms with Crippen molar-refractivity contribution >= 4 is 11.3 Å². The summed E-state index contributed by atoms with van der Waals surface area (Å²) in [6.07, 6.45) is 6.85. The number of methoxy groups -OCH3 is 1. The van der Waals surface area contributed by atoms with Gasteiger partial charge in [-0.2, -0.15) is 5.26 Å². The fourth-order valence-electron chi connectivity index (χ4n) is 5.94. The topological polar surface area (TPSA) is 91.8 Å². The second-order valence-electron chi connectivity index (χ2n) is 10.5. The van der Waals surface area contributed by atoms with Crippen LogP contribution < -0.4 is 14.4 Å². The van der Waals surface area contributed by atoms with E-state index in [1.165, 1.54) is 12.0 Å². The molecule has 2 atom stereocenters. The molecule has 0 radical (unpaired) electrons. The van der Waals surface area contributed by atoms with Gasteiger partial charge in [0.25, 0.3) is 5.88 Å². The third-order valence-electron chi connectivity index (χ3n) is 8.05. The number of anilines is 1. The summed E-state index contributed by atoms with van der Waals surface area (Å²) in [5, 5.41) is 14.6. The number of aromatic nitrogens is 4. The quantitative estimate of drug-likeness (QED) is 0.278. The van der Waals surface area contributed by atoms with E-state index in [1.807, 2.05) is 67.1 Å². The van der Waals surface area contributed by atoms with E-state index in [4.69, 9.17) is 14.5 Å². The normalized spacial score (nSPS) is 18.1. The number of pyridine rings is 3. The average Bonchev–Trinajstić information content (AvgIpc) is 3.41. The number of nitriles is 1. The Morgan fingerprint density at radius 3 is 2.49 bits per heavy atom. The van der Waals surface area contributed by atoms with Gasteiger partial charge in [-0.25, -0.2) is 14.5 Å². The number of hydrogen-bond acceptors (Lipinski definition) is 8. The molecule has 2 unspecified atom stereocenters. The molecule has 4 aromatic heterocycles. The molecule has 3 aliphatic rings. The summed E-state index contributed by atoms with van der Waals surface area (Å²) in [4.78, 5) is 14.1. The Bertz CT molecular complexity index is 1700. The van der Waals surface area contributed by atoms with E-state index < -0.39 is 0 Å². The van der Waals surface area contributed by atoms with Crippen molar-refractivity contribution < 1.29 is 9.47 Å². The van der Waals surface area contributed by atoms with Crippen LogP contribution in [0.25, 0.3) is 16.6 Å². The maximum atomic E-state index is 10.0. The van der Waals surface area contributed by atoms with Crippen molar-refractivity contribution in [3.63, 3.8) is 0 Å². The smallest absolute Gasteiger partial charge is 0.252 e. The summed E-state index contributed by atoms with van der Waals surface area (Å²) in [5.74, 6) is 1.95. The number of benzene rings is 1. The van der Waals surface area contributed by atoms with Crippen LogP contribution >= 0.6 is 0 Å². The van der Waals surface area contributed by atoms with E-state index in [0.717, 1.165) is 47.7 Å². The van der Waals surface area contributed by atoms with Gasteiger partial charge in [-0.05, 0) is 35.7 Å². The third-order valence-corrected chi connectivity index (χ3v) is 8.05. The Morgan fingerprint density at radius 1 is 0.927 bits per heavy atom. The molecule has 3 saturated heterocycles. The summed E-state index contributed by atoms with van der Waals surface area (Å²) in [5.41, 5.74) is 5.19. The van der Waals surface area contributed by atoms with Crippen molar-refractivity contribution in [3.05, 3.63) is 102 Å². The lowest BCUT2D eigenvalue weighted by molar-refractivity contribution is -0.00876. The maximum absolute atomic E-state index is 10.0. The first-order chi connectivity index (χ1) is 20.2. The van der Waals surface area contributed by atoms with E-state index in [-0.39, 0.29) is 0 Å². The Balaban J connectivity index is 1.07. The second kappa shape index (κ2) is 10.6. The van der Waals surface area contributed by atoms with Gasteiger partial charge in [0.15, 0.2) is 0 Å². The van der Waals surface area contributed by atoms with Gasteiger partial charge >= 0.3 is 0 Å². The van der Waals surface area contributed by atoms with Gasteiger partial charge in [0.1, 0.15) is 24.1 Å². The lowest BCUT2D eigenvalue weighted by atomic mass is 9.87. The van der Waals surface area contributed by atoms with Crippen LogP contribution in [0.3, 0.4) is 0 Å². The molecule has 8 rings (SSSR count). The van der Waals surface area contributed by atoms with Crippen molar-refractivity contribution in [1.29, 1.82) is 5.26 Å². The van der Waals surface area contributed by atoms with Crippen molar-refractivity contribution in [1.82, 2.24) is 24.5 Å². The molecule has 41 heavy (non-hydrogen) atoms. The monoisotopic (exact) mass is 543 g/mol. The fourth-order valence-corrected chi connectivity index (χ4v) is 5.94. The second-order valence-corrected chi connectivity index (χ2v) is 10.5. The molecule has 3 fully saturated rings. The van der Waals surface area contributed by atoms with Crippen LogP contribution in [0.5, 0.6) is 11.8 Å². The largest absolute Gasteiger partial charge is 0.481 e. The highest BCUT2D eigenvalue weighted by Gasteiger charge is 2.44. The number of fused-ring (bicyclic) bond motifs is 3. The predicted molar refractivity (Wildman–Crippen MR) is 155 cm³/mol. The molecule has 204 valence electrons. The number of nitrogens with zero attached hydrogens (tertiary/aromatic N) is 7. The van der Waals surface area contributed by atoms with E-state index in [1.54, 1.807) is 11.6 Å². The van der Waals surface area contributed by atoms with Crippen molar-refractivity contribution in [3.8, 4) is 29.0 Å². The molecular weight excluding hydrogens is 514 g/mol. The molecule has 0 saturated carbocycles. The van der Waals surface area contributed by atoms with E-state index in [2.05, 4.69) is 44.2 Å². The van der Waals surface area contributed by atoms with Gasteiger partial charge in [0.2, 0.25) is 5.88 Å². The summed E-state index contributed by atoms with van der Waals surface area (Å²) >= 11 is 0. The molecule has 9 nitrogen and oxygen atoms in total. The van der Waals surface area contributed by atoms with Gasteiger partial charge < -0.3 is 14.4 Å². The zero-order valence-electron chi connectivity index (χ0n) is 22.7. The fraction of sp³-hybridized carbons (Fsp3) is 0.250. The van der Waals surface area contributed by atoms with E-state index in [9.17, 15) is 5.26 Å². The molecule has 9 heteroatoms. The summed E-state index contributed by atoms with van der Waals surface area (Å²) in [7, 11) is 1.64. The van der Waals surface area contributed by atoms with Gasteiger partial charge in [-0.1, -0.05) is 42.5 Å². The first-order valence-corrected chi connectivity index (χ1v) is 13.7. The van der Waals surface area contributed by atoms with E-state index >= 15 is 0 Å². The highest BCUT2D eigenvalue weighted by Crippen LogP contribution is 2.36. The molecule has 0 amide bonds. The highest BCUT2D eigenvalue weighted by atomic mass is 16.5. The lowest BCUT2D eigenvalue weighted by Gasteiger charge is -2.56. The third kappa shape index (κ3) is 4.72. The Labute approximate surface area is 238 Å². The van der Waals surface area contributed by atoms with Gasteiger partial charge in [-0.15, -0.1) is 5.10 Å². The molecule has 5 aromatic rings. The Hall–Kier alpha value is -4.94. The molecule has 1 aromatic carbocycles. The highest BCUT2D eigenvalue weighted by molar-refractivity contribution is 5.85. The SMILES string of the molecule is COc1ccc(CN2C3CC2CN(c2ccc(-c4cccn5nc(OCc6ccccc6)c(C#N)c45)cn2)C3)cn1. The van der Waals surface area contributed by atoms with Crippen LogP contribution in [0, 0.1) is 11.3 Å². The Morgan fingerprint density at radius 2 is 1.78 bits per heavy atom. The van der Waals surface area contributed by atoms with Crippen molar-refractivity contribution in [2.75, 3.05) is 25.1 Å². The standard InChI is InChI=1S/C32H29N7O2/c1-40-30-12-9-23(16-35-30)18-38-25-14-26(38)20-37(19-25)29-11-10-24(17-34-29)27-8-5-13-39-31(27)28(15-33)32(36-39)41-21-22-6-3-2-4-7-22/h2-13,16-17,25-26H,14,18-21H2,1H3. The zero-order valence-corrected chi connectivity index (χ0v) is 22.7. The molecule has 0 spiro atoms. The number of piperazine rings is 1. The summed E-state index contributed by atoms with van der Waals surface area (Å²) in [6.45, 7) is 3.15. The number of piperidine rings is 1. The van der Waals surface area contributed by atoms with Crippen molar-refractivity contribution in [2.24, 2.45) is 0 Å². The van der Waals surface area contributed by atoms with Crippen LogP contribution in [0.2, 0.25) is 0 Å². The molecule has 0 aliphatic carbocycles. The minimum absolute atomic E-state index is 0.330. The lowest BCUT2D eigenvalue weighted by Crippen LogP contribution is -2.68. The van der Waals surface area contributed by atoms with E-state index in [0.29, 0.717) is 36.0 Å². The van der Waals surface area contributed by atoms with Crippen LogP contribution in [-0.4, -0.2) is 56.8 Å². The van der Waals surface area contributed by atoms with Crippen LogP contribution in [0.4, 0.5) is 5.82 Å². The van der Waals surface area contributed by atoms with Crippen molar-refractivity contribution in [2.45, 2.75) is 31.7 Å². The summed E-state index contributed by atoms with van der Waals surface area (Å²) < 4.78 is 12.9. The van der Waals surface area contributed by atoms with Crippen LogP contribution in [0.1, 0.15) is 23.1 Å². The summed E-state index contributed by atoms with van der Waals surface area (Å²) in [6, 6.07) is 25.3. The first-order valence-electron chi connectivity index (χ1n) is 13.7. The average molecular weight is 544 g/mol. The number of hydrogen-bond donors (Lipinski definition) is 0. The van der Waals surface area contributed by atoms with Gasteiger partial charge in [0.05, 0.1) is 12.6 Å². The maximum Gasteiger partial charge on any atom is 0.252 e. The van der Waals surface area contributed by atoms with Gasteiger partial charge in [0, 0.05) is 67.5 Å². The minimum atomic E-state index is 0.330. The Kier molecular flexibility index (Phi) is 6.45. The van der Waals surface area contributed by atoms with Crippen LogP contribution in [-0.2, 0) is 13.2 Å². The first kappa shape index (κ1) is 25.1. The molecule has 3 aliphatic heterocycles. The van der Waals surface area contributed by atoms with Gasteiger partial charge in [-0.3, -0.25) is 4.90 Å². The molecule has 2 bridgehead atoms. The molecular formula is C32H29N7O2. The number of ether oxygens (including phenoxy) is 2. The minimum Gasteiger partial charge on any atom is -0.481 e. The van der Waals surface area contributed by atoms with Crippen LogP contribution in [0.15, 0.2) is 85.3 Å². The molecule has 0 N–H and O–H groups in total. The zero-order chi connectivity index (χ0) is 27.8. The predicted octanol–water partition coefficient (Wildman–Crippen LogP) is 4.71. The number of rotatable bonds is 8. The molecule has 7 heterocycles.